The summed E-state index contributed by atoms with van der Waals surface area (Å²) in [5.41, 5.74) is 8.18. The lowest BCUT2D eigenvalue weighted by atomic mass is 10.0. The van der Waals surface area contributed by atoms with Gasteiger partial charge in [-0.3, -0.25) is 9.36 Å². The summed E-state index contributed by atoms with van der Waals surface area (Å²) >= 11 is 1.43. The molecule has 23 heavy (non-hydrogen) atoms. The molecule has 1 aliphatic carbocycles. The molecule has 0 bridgehead atoms. The van der Waals surface area contributed by atoms with Gasteiger partial charge in [-0.25, -0.2) is 0 Å². The number of benzene rings is 1. The maximum Gasteiger partial charge on any atom is 0.237 e. The van der Waals surface area contributed by atoms with Gasteiger partial charge in [0.05, 0.1) is 5.75 Å². The molecule has 0 atom stereocenters. The number of thioether (sulfide) groups is 1. The average Bonchev–Trinajstić information content (AvgIpc) is 3.35. The number of nitrogens with zero attached hydrogens (tertiary/aromatic N) is 4. The van der Waals surface area contributed by atoms with Crippen molar-refractivity contribution in [2.45, 2.75) is 36.9 Å². The molecule has 0 unspecified atom stereocenters. The minimum Gasteiger partial charge on any atom is -0.368 e. The zero-order chi connectivity index (χ0) is 15.8. The molecule has 120 valence electrons. The third-order valence-electron chi connectivity index (χ3n) is 4.34. The highest BCUT2D eigenvalue weighted by atomic mass is 32.2. The van der Waals surface area contributed by atoms with E-state index in [9.17, 15) is 4.79 Å². The average molecular weight is 329 g/mol. The van der Waals surface area contributed by atoms with Gasteiger partial charge in [-0.15, -0.1) is 10.2 Å². The molecule has 1 amide bonds. The van der Waals surface area contributed by atoms with Crippen molar-refractivity contribution in [2.75, 3.05) is 22.9 Å². The minimum atomic E-state index is 0.117. The molecule has 7 heteroatoms. The lowest BCUT2D eigenvalue weighted by Crippen LogP contribution is -2.36. The van der Waals surface area contributed by atoms with E-state index in [1.165, 1.54) is 17.3 Å². The molecule has 1 aromatic carbocycles. The van der Waals surface area contributed by atoms with Crippen LogP contribution in [0.1, 0.15) is 30.9 Å². The van der Waals surface area contributed by atoms with E-state index in [0.717, 1.165) is 43.1 Å². The Morgan fingerprint density at radius 1 is 1.30 bits per heavy atom. The number of carbonyl (C=O) groups excluding carboxylic acids is 1. The molecule has 2 aliphatic rings. The highest BCUT2D eigenvalue weighted by Gasteiger charge is 2.29. The quantitative estimate of drug-likeness (QED) is 0.871. The van der Waals surface area contributed by atoms with E-state index in [1.54, 1.807) is 0 Å². The van der Waals surface area contributed by atoms with E-state index < -0.39 is 0 Å². The van der Waals surface area contributed by atoms with E-state index in [-0.39, 0.29) is 5.91 Å². The second kappa shape index (κ2) is 5.88. The molecule has 0 radical (unpaired) electrons. The van der Waals surface area contributed by atoms with Crippen molar-refractivity contribution in [1.82, 2.24) is 14.8 Å². The number of aryl methyl sites for hydroxylation is 1. The molecule has 1 aliphatic heterocycles. The molecular weight excluding hydrogens is 310 g/mol. The van der Waals surface area contributed by atoms with Gasteiger partial charge < -0.3 is 10.6 Å². The van der Waals surface area contributed by atoms with Crippen LogP contribution in [0.15, 0.2) is 29.4 Å². The number of hydrogen-bond acceptors (Lipinski definition) is 5. The summed E-state index contributed by atoms with van der Waals surface area (Å²) in [7, 11) is 0. The van der Waals surface area contributed by atoms with E-state index >= 15 is 0 Å². The molecular formula is C16H19N5OS. The van der Waals surface area contributed by atoms with Gasteiger partial charge in [-0.2, -0.15) is 0 Å². The van der Waals surface area contributed by atoms with E-state index in [2.05, 4.69) is 16.3 Å². The number of hydrogen-bond donors (Lipinski definition) is 1. The van der Waals surface area contributed by atoms with Gasteiger partial charge in [-0.05, 0) is 37.3 Å². The predicted molar refractivity (Wildman–Crippen MR) is 90.5 cm³/mol. The number of nitrogen functional groups attached to an aromatic ring is 1. The number of anilines is 2. The Balaban J connectivity index is 1.47. The lowest BCUT2D eigenvalue weighted by Gasteiger charge is -2.29. The van der Waals surface area contributed by atoms with Crippen LogP contribution in [-0.4, -0.2) is 33.0 Å². The fraction of sp³-hybridized carbons (Fsp3) is 0.438. The standard InChI is InChI=1S/C16H19N5OS/c17-15-18-19-16(21(15)12-7-8-12)23-10-14(22)20-9-3-5-11-4-1-2-6-13(11)20/h1-2,4,6,12H,3,5,7-10H2,(H2,17,18). The lowest BCUT2D eigenvalue weighted by molar-refractivity contribution is -0.116. The maximum atomic E-state index is 12.7. The van der Waals surface area contributed by atoms with Crippen LogP contribution in [0.4, 0.5) is 11.6 Å². The first-order chi connectivity index (χ1) is 11.2. The summed E-state index contributed by atoms with van der Waals surface area (Å²) in [4.78, 5) is 14.5. The molecule has 1 aromatic heterocycles. The van der Waals surface area contributed by atoms with Crippen LogP contribution in [0, 0.1) is 0 Å². The number of fused-ring (bicyclic) bond motifs is 1. The predicted octanol–water partition coefficient (Wildman–Crippen LogP) is 2.27. The second-order valence-electron chi connectivity index (χ2n) is 6.01. The van der Waals surface area contributed by atoms with E-state index in [0.29, 0.717) is 17.7 Å². The molecule has 2 N–H and O–H groups in total. The number of nitrogens with two attached hydrogens (primary N) is 1. The Morgan fingerprint density at radius 3 is 2.96 bits per heavy atom. The molecule has 1 fully saturated rings. The van der Waals surface area contributed by atoms with E-state index in [1.807, 2.05) is 27.7 Å². The monoisotopic (exact) mass is 329 g/mol. The first kappa shape index (κ1) is 14.6. The maximum absolute atomic E-state index is 12.7. The normalized spacial score (nSPS) is 17.1. The Morgan fingerprint density at radius 2 is 2.13 bits per heavy atom. The molecule has 0 spiro atoms. The van der Waals surface area contributed by atoms with Gasteiger partial charge in [0.1, 0.15) is 0 Å². The van der Waals surface area contributed by atoms with Crippen molar-refractivity contribution < 1.29 is 4.79 Å². The van der Waals surface area contributed by atoms with Crippen LogP contribution in [0.3, 0.4) is 0 Å². The van der Waals surface area contributed by atoms with Crippen molar-refractivity contribution in [2.24, 2.45) is 0 Å². The molecule has 4 rings (SSSR count). The van der Waals surface area contributed by atoms with Gasteiger partial charge in [-0.1, -0.05) is 30.0 Å². The van der Waals surface area contributed by atoms with Crippen LogP contribution in [0.2, 0.25) is 0 Å². The molecule has 2 heterocycles. The first-order valence-electron chi connectivity index (χ1n) is 7.95. The summed E-state index contributed by atoms with van der Waals surface area (Å²) in [6.45, 7) is 0.786. The SMILES string of the molecule is Nc1nnc(SCC(=O)N2CCCc3ccccc32)n1C1CC1. The first-order valence-corrected chi connectivity index (χ1v) is 8.94. The van der Waals surface area contributed by atoms with Crippen molar-refractivity contribution >= 4 is 29.3 Å². The smallest absolute Gasteiger partial charge is 0.237 e. The Kier molecular flexibility index (Phi) is 3.72. The van der Waals surface area contributed by atoms with E-state index in [4.69, 9.17) is 5.73 Å². The Labute approximate surface area is 139 Å². The van der Waals surface area contributed by atoms with Crippen LogP contribution in [-0.2, 0) is 11.2 Å². The molecule has 0 saturated heterocycles. The van der Waals surface area contributed by atoms with Crippen molar-refractivity contribution in [3.63, 3.8) is 0 Å². The highest BCUT2D eigenvalue weighted by Crippen LogP contribution is 2.39. The van der Waals surface area contributed by atoms with Crippen molar-refractivity contribution in [3.8, 4) is 0 Å². The number of para-hydroxylation sites is 1. The molecule has 1 saturated carbocycles. The fourth-order valence-corrected chi connectivity index (χ4v) is 3.95. The summed E-state index contributed by atoms with van der Waals surface area (Å²) in [6.07, 6.45) is 4.28. The van der Waals surface area contributed by atoms with Gasteiger partial charge in [0.25, 0.3) is 0 Å². The third kappa shape index (κ3) is 2.81. The Hall–Kier alpha value is -2.02. The second-order valence-corrected chi connectivity index (χ2v) is 6.95. The van der Waals surface area contributed by atoms with Gasteiger partial charge in [0.15, 0.2) is 5.16 Å². The topological polar surface area (TPSA) is 77.0 Å². The van der Waals surface area contributed by atoms with Crippen LogP contribution in [0.25, 0.3) is 0 Å². The van der Waals surface area contributed by atoms with Gasteiger partial charge in [0, 0.05) is 18.3 Å². The minimum absolute atomic E-state index is 0.117. The highest BCUT2D eigenvalue weighted by molar-refractivity contribution is 7.99. The number of carbonyl (C=O) groups is 1. The summed E-state index contributed by atoms with van der Waals surface area (Å²) in [5, 5.41) is 8.82. The molecule has 6 nitrogen and oxygen atoms in total. The van der Waals surface area contributed by atoms with Crippen molar-refractivity contribution in [1.29, 1.82) is 0 Å². The van der Waals surface area contributed by atoms with Gasteiger partial charge >= 0.3 is 0 Å². The summed E-state index contributed by atoms with van der Waals surface area (Å²) < 4.78 is 1.96. The van der Waals surface area contributed by atoms with Crippen LogP contribution < -0.4 is 10.6 Å². The summed E-state index contributed by atoms with van der Waals surface area (Å²) in [6, 6.07) is 8.57. The zero-order valence-electron chi connectivity index (χ0n) is 12.8. The Bertz CT molecular complexity index is 740. The third-order valence-corrected chi connectivity index (χ3v) is 5.27. The number of aromatic nitrogens is 3. The fourth-order valence-electron chi connectivity index (χ4n) is 3.06. The van der Waals surface area contributed by atoms with Crippen LogP contribution >= 0.6 is 11.8 Å². The number of rotatable bonds is 4. The number of amides is 1. The summed E-state index contributed by atoms with van der Waals surface area (Å²) in [5.74, 6) is 0.927. The van der Waals surface area contributed by atoms with Crippen molar-refractivity contribution in [3.05, 3.63) is 29.8 Å². The van der Waals surface area contributed by atoms with Crippen LogP contribution in [0.5, 0.6) is 0 Å². The molecule has 2 aromatic rings. The zero-order valence-corrected chi connectivity index (χ0v) is 13.6. The van der Waals surface area contributed by atoms with Gasteiger partial charge in [0.2, 0.25) is 11.9 Å². The largest absolute Gasteiger partial charge is 0.368 e.